The first kappa shape index (κ1) is 11.1. The summed E-state index contributed by atoms with van der Waals surface area (Å²) in [5, 5.41) is 0.0487. The molecule has 0 radical (unpaired) electrons. The number of nitrogens with zero attached hydrogens (tertiary/aromatic N) is 1. The highest BCUT2D eigenvalue weighted by Gasteiger charge is 2.37. The van der Waals surface area contributed by atoms with Crippen molar-refractivity contribution in [1.29, 1.82) is 0 Å². The number of aromatic nitrogens is 1. The van der Waals surface area contributed by atoms with Crippen LogP contribution in [0.15, 0.2) is 18.2 Å². The number of halogens is 4. The van der Waals surface area contributed by atoms with Crippen LogP contribution >= 0.6 is 11.6 Å². The highest BCUT2D eigenvalue weighted by molar-refractivity contribution is 6.29. The maximum atomic E-state index is 13.0. The first-order valence-electron chi connectivity index (χ1n) is 3.70. The lowest BCUT2D eigenvalue weighted by Crippen LogP contribution is -2.35. The number of rotatable bonds is 3. The van der Waals surface area contributed by atoms with E-state index in [1.54, 1.807) is 0 Å². The molecule has 0 saturated carbocycles. The van der Waals surface area contributed by atoms with Crippen LogP contribution in [0.25, 0.3) is 0 Å². The molecule has 0 bridgehead atoms. The Balaban J connectivity index is 2.78. The van der Waals surface area contributed by atoms with Crippen molar-refractivity contribution in [3.8, 4) is 5.88 Å². The molecule has 1 aromatic heterocycles. The van der Waals surface area contributed by atoms with Gasteiger partial charge in [-0.2, -0.15) is 4.39 Å². The standard InChI is InChI=1S/C8H7ClF3NO/c1-8(12,7(10)11)14-6-4-2-3-5(9)13-6/h2-4,7H,1H3. The van der Waals surface area contributed by atoms with Crippen molar-refractivity contribution >= 4 is 11.6 Å². The Kier molecular flexibility index (Phi) is 3.21. The fourth-order valence-electron chi connectivity index (χ4n) is 0.695. The zero-order chi connectivity index (χ0) is 10.8. The lowest BCUT2D eigenvalue weighted by atomic mass is 10.4. The number of ether oxygens (including phenoxy) is 1. The van der Waals surface area contributed by atoms with Crippen molar-refractivity contribution in [1.82, 2.24) is 4.98 Å². The molecule has 0 aliphatic carbocycles. The smallest absolute Gasteiger partial charge is 0.306 e. The van der Waals surface area contributed by atoms with Crippen molar-refractivity contribution in [3.05, 3.63) is 23.4 Å². The molecule has 0 saturated heterocycles. The van der Waals surface area contributed by atoms with Crippen molar-refractivity contribution in [2.45, 2.75) is 19.2 Å². The van der Waals surface area contributed by atoms with Gasteiger partial charge in [0.1, 0.15) is 5.15 Å². The van der Waals surface area contributed by atoms with E-state index in [1.807, 2.05) is 0 Å². The molecule has 1 unspecified atom stereocenters. The molecular weight excluding hydrogens is 219 g/mol. The summed E-state index contributed by atoms with van der Waals surface area (Å²) in [4.78, 5) is 3.51. The first-order valence-corrected chi connectivity index (χ1v) is 4.08. The van der Waals surface area contributed by atoms with Gasteiger partial charge in [-0.15, -0.1) is 0 Å². The summed E-state index contributed by atoms with van der Waals surface area (Å²) in [5.74, 6) is -3.33. The second kappa shape index (κ2) is 4.04. The highest BCUT2D eigenvalue weighted by atomic mass is 35.5. The largest absolute Gasteiger partial charge is 0.435 e. The predicted molar refractivity (Wildman–Crippen MR) is 45.4 cm³/mol. The second-order valence-corrected chi connectivity index (χ2v) is 3.07. The minimum absolute atomic E-state index is 0.0487. The van der Waals surface area contributed by atoms with Gasteiger partial charge in [0.2, 0.25) is 5.88 Å². The van der Waals surface area contributed by atoms with Crippen LogP contribution in [0.4, 0.5) is 13.2 Å². The zero-order valence-electron chi connectivity index (χ0n) is 7.18. The zero-order valence-corrected chi connectivity index (χ0v) is 7.93. The maximum Gasteiger partial charge on any atom is 0.306 e. The van der Waals surface area contributed by atoms with E-state index in [0.29, 0.717) is 6.92 Å². The van der Waals surface area contributed by atoms with Crippen molar-refractivity contribution in [3.63, 3.8) is 0 Å². The lowest BCUT2D eigenvalue weighted by Gasteiger charge is -2.20. The minimum atomic E-state index is -3.25. The maximum absolute atomic E-state index is 13.0. The van der Waals surface area contributed by atoms with Crippen LogP contribution in [0.1, 0.15) is 6.92 Å². The number of hydrogen-bond donors (Lipinski definition) is 0. The average molecular weight is 226 g/mol. The quantitative estimate of drug-likeness (QED) is 0.738. The van der Waals surface area contributed by atoms with Gasteiger partial charge in [-0.1, -0.05) is 17.7 Å². The molecule has 2 nitrogen and oxygen atoms in total. The summed E-state index contributed by atoms with van der Waals surface area (Å²) in [5.41, 5.74) is 0. The van der Waals surface area contributed by atoms with Gasteiger partial charge in [0, 0.05) is 13.0 Å². The van der Waals surface area contributed by atoms with Gasteiger partial charge in [0.05, 0.1) is 0 Å². The van der Waals surface area contributed by atoms with Crippen LogP contribution < -0.4 is 4.74 Å². The Bertz CT molecular complexity index is 319. The molecule has 6 heteroatoms. The molecule has 0 amide bonds. The van der Waals surface area contributed by atoms with E-state index in [2.05, 4.69) is 9.72 Å². The fraction of sp³-hybridized carbons (Fsp3) is 0.375. The molecule has 0 spiro atoms. The van der Waals surface area contributed by atoms with Crippen LogP contribution in [-0.2, 0) is 0 Å². The third kappa shape index (κ3) is 2.77. The molecule has 0 aliphatic heterocycles. The molecule has 0 fully saturated rings. The van der Waals surface area contributed by atoms with Gasteiger partial charge in [-0.25, -0.2) is 13.8 Å². The van der Waals surface area contributed by atoms with Gasteiger partial charge < -0.3 is 4.74 Å². The lowest BCUT2D eigenvalue weighted by molar-refractivity contribution is -0.154. The summed E-state index contributed by atoms with van der Waals surface area (Å²) in [6.45, 7) is 0.625. The third-order valence-electron chi connectivity index (χ3n) is 1.38. The Morgan fingerprint density at radius 3 is 2.64 bits per heavy atom. The van der Waals surface area contributed by atoms with E-state index in [0.717, 1.165) is 0 Å². The van der Waals surface area contributed by atoms with E-state index >= 15 is 0 Å². The van der Waals surface area contributed by atoms with Crippen LogP contribution in [0.5, 0.6) is 5.88 Å². The number of alkyl halides is 3. The summed E-state index contributed by atoms with van der Waals surface area (Å²) >= 11 is 5.45. The van der Waals surface area contributed by atoms with E-state index in [1.165, 1.54) is 18.2 Å². The van der Waals surface area contributed by atoms with Crippen molar-refractivity contribution in [2.24, 2.45) is 0 Å². The van der Waals surface area contributed by atoms with E-state index < -0.39 is 12.3 Å². The molecule has 0 aliphatic rings. The minimum Gasteiger partial charge on any atom is -0.435 e. The predicted octanol–water partition coefficient (Wildman–Crippen LogP) is 3.06. The van der Waals surface area contributed by atoms with Gasteiger partial charge >= 0.3 is 12.3 Å². The van der Waals surface area contributed by atoms with Crippen molar-refractivity contribution < 1.29 is 17.9 Å². The Labute approximate surface area is 83.7 Å². The molecule has 78 valence electrons. The topological polar surface area (TPSA) is 22.1 Å². The van der Waals surface area contributed by atoms with E-state index in [-0.39, 0.29) is 11.0 Å². The summed E-state index contributed by atoms with van der Waals surface area (Å²) < 4.78 is 41.4. The number of hydrogen-bond acceptors (Lipinski definition) is 2. The highest BCUT2D eigenvalue weighted by Crippen LogP contribution is 2.24. The normalized spacial score (nSPS) is 15.3. The van der Waals surface area contributed by atoms with Gasteiger partial charge in [0.25, 0.3) is 0 Å². The molecule has 14 heavy (non-hydrogen) atoms. The Morgan fingerprint density at radius 2 is 2.14 bits per heavy atom. The van der Waals surface area contributed by atoms with Crippen molar-refractivity contribution in [2.75, 3.05) is 0 Å². The van der Waals surface area contributed by atoms with E-state index in [9.17, 15) is 13.2 Å². The van der Waals surface area contributed by atoms with Gasteiger partial charge in [-0.05, 0) is 6.07 Å². The first-order chi connectivity index (χ1) is 6.42. The summed E-state index contributed by atoms with van der Waals surface area (Å²) in [7, 11) is 0. The third-order valence-corrected chi connectivity index (χ3v) is 1.59. The monoisotopic (exact) mass is 225 g/mol. The molecule has 0 aromatic carbocycles. The molecule has 1 rings (SSSR count). The van der Waals surface area contributed by atoms with Gasteiger partial charge in [0.15, 0.2) is 0 Å². The van der Waals surface area contributed by atoms with Gasteiger partial charge in [-0.3, -0.25) is 0 Å². The molecule has 1 aromatic rings. The summed E-state index contributed by atoms with van der Waals surface area (Å²) in [6, 6.07) is 4.09. The molecule has 1 atom stereocenters. The van der Waals surface area contributed by atoms with Crippen LogP contribution in [0.3, 0.4) is 0 Å². The van der Waals surface area contributed by atoms with Crippen LogP contribution in [0.2, 0.25) is 5.15 Å². The number of pyridine rings is 1. The Hall–Kier alpha value is -0.970. The SMILES string of the molecule is CC(F)(Oc1cccc(Cl)n1)C(F)F. The average Bonchev–Trinajstić information content (AvgIpc) is 2.02. The Morgan fingerprint density at radius 1 is 1.50 bits per heavy atom. The molecule has 0 N–H and O–H groups in total. The van der Waals surface area contributed by atoms with Crippen LogP contribution in [0, 0.1) is 0 Å². The molecular formula is C8H7ClF3NO. The molecule has 1 heterocycles. The van der Waals surface area contributed by atoms with E-state index in [4.69, 9.17) is 11.6 Å². The van der Waals surface area contributed by atoms with Crippen LogP contribution in [-0.4, -0.2) is 17.3 Å². The summed E-state index contributed by atoms with van der Waals surface area (Å²) in [6.07, 6.45) is -3.25. The fourth-order valence-corrected chi connectivity index (χ4v) is 0.852. The second-order valence-electron chi connectivity index (χ2n) is 2.69.